The quantitative estimate of drug-likeness (QED) is 0.657. The molecule has 3 nitrogen and oxygen atoms in total. The molecule has 1 aromatic rings. The number of allylic oxidation sites excluding steroid dienone is 1. The second kappa shape index (κ2) is 3.26. The molecule has 0 saturated carbocycles. The molecule has 0 unspecified atom stereocenters. The van der Waals surface area contributed by atoms with Gasteiger partial charge >= 0.3 is 5.97 Å². The van der Waals surface area contributed by atoms with Crippen molar-refractivity contribution in [2.45, 2.75) is 13.8 Å². The fourth-order valence-corrected chi connectivity index (χ4v) is 1.11. The fourth-order valence-electron chi connectivity index (χ4n) is 1.11. The maximum absolute atomic E-state index is 10.8. The first-order valence-electron chi connectivity index (χ1n) is 3.67. The number of aromatic amines is 1. The fraction of sp³-hybridized carbons (Fsp3) is 0.222. The summed E-state index contributed by atoms with van der Waals surface area (Å²) in [5.41, 5.74) is 1.90. The number of carboxylic acid groups (broad SMARTS) is 1. The van der Waals surface area contributed by atoms with E-state index in [9.17, 15) is 4.79 Å². The van der Waals surface area contributed by atoms with Crippen LogP contribution in [0.15, 0.2) is 24.0 Å². The van der Waals surface area contributed by atoms with Gasteiger partial charge in [-0.25, -0.2) is 4.79 Å². The molecule has 0 aliphatic carbocycles. The van der Waals surface area contributed by atoms with Crippen molar-refractivity contribution in [1.29, 1.82) is 0 Å². The number of aromatic nitrogens is 1. The third kappa shape index (κ3) is 1.56. The summed E-state index contributed by atoms with van der Waals surface area (Å²) in [7, 11) is 0. The average molecular weight is 165 g/mol. The van der Waals surface area contributed by atoms with Crippen LogP contribution in [-0.4, -0.2) is 16.1 Å². The third-order valence-electron chi connectivity index (χ3n) is 1.60. The molecule has 0 bridgehead atoms. The van der Waals surface area contributed by atoms with E-state index in [0.717, 1.165) is 11.1 Å². The number of aliphatic carboxylic acids is 1. The van der Waals surface area contributed by atoms with Gasteiger partial charge in [-0.15, -0.1) is 0 Å². The standard InChI is InChI=1S/C9H11NO2/c1-6(2)8(9(11)12)7-3-4-10-5-7/h3-5,10H,1-2H3,(H,11,12). The van der Waals surface area contributed by atoms with Crippen LogP contribution in [-0.2, 0) is 4.79 Å². The molecule has 0 spiro atoms. The van der Waals surface area contributed by atoms with E-state index in [2.05, 4.69) is 4.98 Å². The molecule has 0 saturated heterocycles. The molecule has 0 amide bonds. The van der Waals surface area contributed by atoms with Crippen molar-refractivity contribution < 1.29 is 9.90 Å². The Labute approximate surface area is 70.7 Å². The topological polar surface area (TPSA) is 53.1 Å². The number of rotatable bonds is 2. The van der Waals surface area contributed by atoms with Crippen molar-refractivity contribution in [2.24, 2.45) is 0 Å². The van der Waals surface area contributed by atoms with Crippen molar-refractivity contribution in [3.63, 3.8) is 0 Å². The first-order valence-corrected chi connectivity index (χ1v) is 3.67. The number of hydrogen-bond acceptors (Lipinski definition) is 1. The van der Waals surface area contributed by atoms with Crippen molar-refractivity contribution in [3.8, 4) is 0 Å². The van der Waals surface area contributed by atoms with Crippen molar-refractivity contribution >= 4 is 11.5 Å². The average Bonchev–Trinajstić information content (AvgIpc) is 2.37. The Bertz CT molecular complexity index is 305. The smallest absolute Gasteiger partial charge is 0.336 e. The first-order chi connectivity index (χ1) is 5.63. The molecule has 0 fully saturated rings. The van der Waals surface area contributed by atoms with Gasteiger partial charge in [-0.3, -0.25) is 0 Å². The van der Waals surface area contributed by atoms with Crippen LogP contribution < -0.4 is 0 Å². The van der Waals surface area contributed by atoms with Gasteiger partial charge in [0.05, 0.1) is 5.57 Å². The SMILES string of the molecule is CC(C)=C(C(=O)O)c1cc[nH]c1. The van der Waals surface area contributed by atoms with Crippen molar-refractivity contribution in [3.05, 3.63) is 29.6 Å². The van der Waals surface area contributed by atoms with Gasteiger partial charge in [0.25, 0.3) is 0 Å². The van der Waals surface area contributed by atoms with E-state index in [4.69, 9.17) is 5.11 Å². The van der Waals surface area contributed by atoms with Crippen LogP contribution in [0.2, 0.25) is 0 Å². The highest BCUT2D eigenvalue weighted by atomic mass is 16.4. The van der Waals surface area contributed by atoms with E-state index < -0.39 is 5.97 Å². The number of carbonyl (C=O) groups is 1. The molecule has 1 heterocycles. The number of hydrogen-bond donors (Lipinski definition) is 2. The zero-order valence-corrected chi connectivity index (χ0v) is 7.09. The lowest BCUT2D eigenvalue weighted by atomic mass is 10.1. The van der Waals surface area contributed by atoms with Gasteiger partial charge in [-0.05, 0) is 19.9 Å². The van der Waals surface area contributed by atoms with Gasteiger partial charge in [-0.2, -0.15) is 0 Å². The van der Waals surface area contributed by atoms with Crippen LogP contribution in [0.1, 0.15) is 19.4 Å². The summed E-state index contributed by atoms with van der Waals surface area (Å²) in [4.78, 5) is 13.6. The Hall–Kier alpha value is -1.51. The zero-order chi connectivity index (χ0) is 9.14. The molecule has 12 heavy (non-hydrogen) atoms. The minimum atomic E-state index is -0.880. The lowest BCUT2D eigenvalue weighted by Gasteiger charge is -2.00. The molecule has 1 aromatic heterocycles. The second-order valence-electron chi connectivity index (χ2n) is 2.78. The van der Waals surface area contributed by atoms with Gasteiger partial charge in [0, 0.05) is 18.0 Å². The highest BCUT2D eigenvalue weighted by molar-refractivity contribution is 6.16. The lowest BCUT2D eigenvalue weighted by molar-refractivity contribution is -0.130. The van der Waals surface area contributed by atoms with Gasteiger partial charge in [0.15, 0.2) is 0 Å². The molecule has 2 N–H and O–H groups in total. The van der Waals surface area contributed by atoms with Crippen molar-refractivity contribution in [2.75, 3.05) is 0 Å². The van der Waals surface area contributed by atoms with Gasteiger partial charge in [0.2, 0.25) is 0 Å². The molecule has 0 aromatic carbocycles. The minimum absolute atomic E-state index is 0.372. The highest BCUT2D eigenvalue weighted by Gasteiger charge is 2.11. The summed E-state index contributed by atoms with van der Waals surface area (Å²) in [6.07, 6.45) is 3.39. The molecular formula is C9H11NO2. The maximum atomic E-state index is 10.8. The van der Waals surface area contributed by atoms with E-state index in [-0.39, 0.29) is 0 Å². The van der Waals surface area contributed by atoms with E-state index in [0.29, 0.717) is 5.57 Å². The van der Waals surface area contributed by atoms with Gasteiger partial charge in [-0.1, -0.05) is 5.57 Å². The zero-order valence-electron chi connectivity index (χ0n) is 7.09. The largest absolute Gasteiger partial charge is 0.478 e. The van der Waals surface area contributed by atoms with Gasteiger partial charge < -0.3 is 10.1 Å². The van der Waals surface area contributed by atoms with Crippen LogP contribution >= 0.6 is 0 Å². The van der Waals surface area contributed by atoms with E-state index in [1.165, 1.54) is 0 Å². The monoisotopic (exact) mass is 165 g/mol. The molecule has 0 aliphatic rings. The van der Waals surface area contributed by atoms with Crippen LogP contribution in [0.4, 0.5) is 0 Å². The summed E-state index contributed by atoms with van der Waals surface area (Å²) < 4.78 is 0. The second-order valence-corrected chi connectivity index (χ2v) is 2.78. The summed E-state index contributed by atoms with van der Waals surface area (Å²) in [5, 5.41) is 8.84. The number of carboxylic acids is 1. The van der Waals surface area contributed by atoms with Crippen LogP contribution in [0.25, 0.3) is 5.57 Å². The molecule has 3 heteroatoms. The summed E-state index contributed by atoms with van der Waals surface area (Å²) in [6.45, 7) is 3.58. The van der Waals surface area contributed by atoms with Crippen LogP contribution in [0.3, 0.4) is 0 Å². The first kappa shape index (κ1) is 8.59. The Kier molecular flexibility index (Phi) is 2.33. The number of nitrogens with one attached hydrogen (secondary N) is 1. The Balaban J connectivity index is 3.15. The summed E-state index contributed by atoms with van der Waals surface area (Å²) >= 11 is 0. The minimum Gasteiger partial charge on any atom is -0.478 e. The van der Waals surface area contributed by atoms with Crippen LogP contribution in [0, 0.1) is 0 Å². The number of H-pyrrole nitrogens is 1. The summed E-state index contributed by atoms with van der Waals surface area (Å²) in [5.74, 6) is -0.880. The predicted octanol–water partition coefficient (Wildman–Crippen LogP) is 1.89. The lowest BCUT2D eigenvalue weighted by Crippen LogP contribution is -2.00. The van der Waals surface area contributed by atoms with E-state index in [1.54, 1.807) is 32.3 Å². The molecular weight excluding hydrogens is 154 g/mol. The maximum Gasteiger partial charge on any atom is 0.336 e. The Morgan fingerprint density at radius 2 is 2.17 bits per heavy atom. The third-order valence-corrected chi connectivity index (χ3v) is 1.60. The molecule has 1 rings (SSSR count). The van der Waals surface area contributed by atoms with E-state index >= 15 is 0 Å². The Morgan fingerprint density at radius 1 is 1.50 bits per heavy atom. The van der Waals surface area contributed by atoms with Crippen LogP contribution in [0.5, 0.6) is 0 Å². The van der Waals surface area contributed by atoms with E-state index in [1.807, 2.05) is 0 Å². The van der Waals surface area contributed by atoms with Crippen molar-refractivity contribution in [1.82, 2.24) is 4.98 Å². The molecule has 0 atom stereocenters. The molecule has 0 radical (unpaired) electrons. The molecule has 64 valence electrons. The summed E-state index contributed by atoms with van der Waals surface area (Å²) in [6, 6.07) is 1.75. The van der Waals surface area contributed by atoms with Gasteiger partial charge in [0.1, 0.15) is 0 Å². The normalized spacial score (nSPS) is 9.50. The highest BCUT2D eigenvalue weighted by Crippen LogP contribution is 2.17. The molecule has 0 aliphatic heterocycles. The Morgan fingerprint density at radius 3 is 2.50 bits per heavy atom. The predicted molar refractivity (Wildman–Crippen MR) is 46.7 cm³/mol.